The number of carbonyl (C=O) groups is 1. The molecular weight excluding hydrogens is 245 g/mol. The maximum atomic E-state index is 12.7. The Morgan fingerprint density at radius 2 is 1.74 bits per heavy atom. The highest BCUT2D eigenvalue weighted by molar-refractivity contribution is 5.99. The van der Waals surface area contributed by atoms with Crippen molar-refractivity contribution in [3.05, 3.63) is 59.9 Å². The van der Waals surface area contributed by atoms with Crippen LogP contribution in [-0.2, 0) is 0 Å². The third-order valence-corrected chi connectivity index (χ3v) is 2.71. The van der Waals surface area contributed by atoms with E-state index in [2.05, 4.69) is 5.32 Å². The molecule has 1 N–H and O–H groups in total. The molecule has 2 aromatic rings. The number of hydrogen-bond acceptors (Lipinski definition) is 3. The molecule has 4 heteroatoms. The minimum atomic E-state index is -0.299. The zero-order valence-corrected chi connectivity index (χ0v) is 10.5. The summed E-state index contributed by atoms with van der Waals surface area (Å²) in [5.41, 5.74) is 1.32. The fourth-order valence-electron chi connectivity index (χ4n) is 1.63. The van der Waals surface area contributed by atoms with Crippen molar-refractivity contribution in [1.29, 1.82) is 0 Å². The molecule has 0 aromatic heterocycles. The molecule has 2 aromatic carbocycles. The second-order valence-electron chi connectivity index (χ2n) is 4.01. The van der Waals surface area contributed by atoms with Gasteiger partial charge in [-0.2, -0.15) is 0 Å². The van der Waals surface area contributed by atoms with Crippen molar-refractivity contribution >= 4 is 11.5 Å². The van der Waals surface area contributed by atoms with E-state index in [1.54, 1.807) is 43.5 Å². The second kappa shape index (κ2) is 6.00. The third kappa shape index (κ3) is 3.55. The van der Waals surface area contributed by atoms with Crippen LogP contribution in [0.4, 0.5) is 10.1 Å². The van der Waals surface area contributed by atoms with Gasteiger partial charge in [-0.15, -0.1) is 0 Å². The molecule has 0 atom stereocenters. The van der Waals surface area contributed by atoms with Gasteiger partial charge in [0.05, 0.1) is 13.7 Å². The lowest BCUT2D eigenvalue weighted by atomic mass is 10.1. The van der Waals surface area contributed by atoms with Crippen molar-refractivity contribution in [2.75, 3.05) is 19.0 Å². The first-order valence-electron chi connectivity index (χ1n) is 5.86. The van der Waals surface area contributed by atoms with Gasteiger partial charge in [-0.05, 0) is 48.5 Å². The van der Waals surface area contributed by atoms with Gasteiger partial charge in [0.15, 0.2) is 5.78 Å². The molecule has 0 heterocycles. The van der Waals surface area contributed by atoms with Gasteiger partial charge in [0.25, 0.3) is 0 Å². The Balaban J connectivity index is 1.95. The minimum absolute atomic E-state index is 0.0352. The molecule has 19 heavy (non-hydrogen) atoms. The number of rotatable bonds is 5. The lowest BCUT2D eigenvalue weighted by molar-refractivity contribution is 0.101. The Labute approximate surface area is 111 Å². The Morgan fingerprint density at radius 1 is 1.11 bits per heavy atom. The van der Waals surface area contributed by atoms with Gasteiger partial charge in [0, 0.05) is 11.3 Å². The van der Waals surface area contributed by atoms with E-state index in [9.17, 15) is 9.18 Å². The molecule has 0 fully saturated rings. The number of nitrogens with one attached hydrogen (secondary N) is 1. The van der Waals surface area contributed by atoms with Crippen molar-refractivity contribution in [2.45, 2.75) is 0 Å². The van der Waals surface area contributed by atoms with Gasteiger partial charge in [0.1, 0.15) is 11.6 Å². The molecule has 0 radical (unpaired) electrons. The normalized spacial score (nSPS) is 10.0. The third-order valence-electron chi connectivity index (χ3n) is 2.71. The predicted molar refractivity (Wildman–Crippen MR) is 72.2 cm³/mol. The van der Waals surface area contributed by atoms with E-state index in [0.29, 0.717) is 17.0 Å². The lowest BCUT2D eigenvalue weighted by Crippen LogP contribution is -2.13. The molecule has 3 nitrogen and oxygen atoms in total. The molecule has 98 valence electrons. The lowest BCUT2D eigenvalue weighted by Gasteiger charge is -2.06. The zero-order chi connectivity index (χ0) is 13.7. The Bertz CT molecular complexity index is 549. The van der Waals surface area contributed by atoms with Crippen LogP contribution in [0.15, 0.2) is 48.5 Å². The van der Waals surface area contributed by atoms with Crippen LogP contribution in [0.5, 0.6) is 5.75 Å². The largest absolute Gasteiger partial charge is 0.497 e. The maximum Gasteiger partial charge on any atom is 0.181 e. The van der Waals surface area contributed by atoms with Crippen LogP contribution in [0.3, 0.4) is 0 Å². The van der Waals surface area contributed by atoms with Crippen LogP contribution >= 0.6 is 0 Å². The van der Waals surface area contributed by atoms with E-state index in [1.165, 1.54) is 12.1 Å². The fourth-order valence-corrected chi connectivity index (χ4v) is 1.63. The molecule has 0 saturated carbocycles. The predicted octanol–water partition coefficient (Wildman–Crippen LogP) is 3.13. The number of benzene rings is 2. The molecule has 2 rings (SSSR count). The summed E-state index contributed by atoms with van der Waals surface area (Å²) in [7, 11) is 1.58. The van der Waals surface area contributed by atoms with Gasteiger partial charge < -0.3 is 10.1 Å². The van der Waals surface area contributed by atoms with Gasteiger partial charge in [-0.1, -0.05) is 0 Å². The smallest absolute Gasteiger partial charge is 0.181 e. The first-order chi connectivity index (χ1) is 9.19. The fraction of sp³-hybridized carbons (Fsp3) is 0.133. The van der Waals surface area contributed by atoms with Crippen LogP contribution < -0.4 is 10.1 Å². The number of halogens is 1. The first kappa shape index (κ1) is 13.1. The molecule has 0 aliphatic carbocycles. The molecule has 0 unspecified atom stereocenters. The van der Waals surface area contributed by atoms with Crippen LogP contribution in [0.25, 0.3) is 0 Å². The van der Waals surface area contributed by atoms with Gasteiger partial charge >= 0.3 is 0 Å². The van der Waals surface area contributed by atoms with Crippen molar-refractivity contribution < 1.29 is 13.9 Å². The van der Waals surface area contributed by atoms with E-state index >= 15 is 0 Å². The van der Waals surface area contributed by atoms with Crippen LogP contribution in [0, 0.1) is 5.82 Å². The Kier molecular flexibility index (Phi) is 4.13. The van der Waals surface area contributed by atoms with E-state index in [0.717, 1.165) is 0 Å². The van der Waals surface area contributed by atoms with E-state index in [4.69, 9.17) is 4.74 Å². The molecule has 0 aliphatic heterocycles. The summed E-state index contributed by atoms with van der Waals surface area (Å²) in [6.07, 6.45) is 0. The van der Waals surface area contributed by atoms with Crippen LogP contribution in [0.2, 0.25) is 0 Å². The van der Waals surface area contributed by atoms with Crippen LogP contribution in [0.1, 0.15) is 10.4 Å². The topological polar surface area (TPSA) is 38.3 Å². The number of ether oxygens (including phenoxy) is 1. The minimum Gasteiger partial charge on any atom is -0.497 e. The zero-order valence-electron chi connectivity index (χ0n) is 10.5. The summed E-state index contributed by atoms with van der Waals surface area (Å²) in [4.78, 5) is 11.9. The van der Waals surface area contributed by atoms with Crippen molar-refractivity contribution in [1.82, 2.24) is 0 Å². The summed E-state index contributed by atoms with van der Waals surface area (Å²) in [5, 5.41) is 2.95. The highest BCUT2D eigenvalue weighted by Crippen LogP contribution is 2.12. The summed E-state index contributed by atoms with van der Waals surface area (Å²) >= 11 is 0. The van der Waals surface area contributed by atoms with Crippen molar-refractivity contribution in [2.24, 2.45) is 0 Å². The molecular formula is C15H14FNO2. The second-order valence-corrected chi connectivity index (χ2v) is 4.01. The summed E-state index contributed by atoms with van der Waals surface area (Å²) in [6.45, 7) is 0.165. The average Bonchev–Trinajstić information content (AvgIpc) is 2.46. The summed E-state index contributed by atoms with van der Waals surface area (Å²) < 4.78 is 17.7. The number of hydrogen-bond donors (Lipinski definition) is 1. The monoisotopic (exact) mass is 259 g/mol. The number of methoxy groups -OCH3 is 1. The van der Waals surface area contributed by atoms with Gasteiger partial charge in [-0.3, -0.25) is 4.79 Å². The molecule has 0 spiro atoms. The summed E-state index contributed by atoms with van der Waals surface area (Å²) in [5.74, 6) is 0.377. The van der Waals surface area contributed by atoms with Crippen molar-refractivity contribution in [3.8, 4) is 5.75 Å². The molecule has 0 saturated heterocycles. The Morgan fingerprint density at radius 3 is 2.32 bits per heavy atom. The highest BCUT2D eigenvalue weighted by Gasteiger charge is 2.05. The van der Waals surface area contributed by atoms with E-state index < -0.39 is 0 Å². The average molecular weight is 259 g/mol. The number of anilines is 1. The molecule has 0 amide bonds. The van der Waals surface area contributed by atoms with Gasteiger partial charge in [-0.25, -0.2) is 4.39 Å². The van der Waals surface area contributed by atoms with E-state index in [-0.39, 0.29) is 18.1 Å². The van der Waals surface area contributed by atoms with Crippen molar-refractivity contribution in [3.63, 3.8) is 0 Å². The highest BCUT2D eigenvalue weighted by atomic mass is 19.1. The summed E-state index contributed by atoms with van der Waals surface area (Å²) in [6, 6.07) is 12.8. The maximum absolute atomic E-state index is 12.7. The number of Topliss-reactive ketones (excluding diaryl/α,β-unsaturated/α-hetero) is 1. The quantitative estimate of drug-likeness (QED) is 0.838. The SMILES string of the molecule is COc1ccc(C(=O)CNc2ccc(F)cc2)cc1. The van der Waals surface area contributed by atoms with Gasteiger partial charge in [0.2, 0.25) is 0 Å². The number of ketones is 1. The Hall–Kier alpha value is -2.36. The first-order valence-corrected chi connectivity index (χ1v) is 5.86. The standard InChI is InChI=1S/C15H14FNO2/c1-19-14-8-2-11(3-9-14)15(18)10-17-13-6-4-12(16)5-7-13/h2-9,17H,10H2,1H3. The van der Waals surface area contributed by atoms with E-state index in [1.807, 2.05) is 0 Å². The molecule has 0 aliphatic rings. The number of carbonyl (C=O) groups excluding carboxylic acids is 1. The molecule has 0 bridgehead atoms. The van der Waals surface area contributed by atoms with Crippen LogP contribution in [-0.4, -0.2) is 19.4 Å².